The molecule has 0 fully saturated rings. The fraction of sp³-hybridized carbons (Fsp3) is 0.176. The molecular weight excluding hydrogens is 328 g/mol. The van der Waals surface area contributed by atoms with Gasteiger partial charge in [0.05, 0.1) is 5.69 Å². The minimum absolute atomic E-state index is 0.722. The molecule has 0 unspecified atom stereocenters. The maximum absolute atomic E-state index is 5.94. The first-order valence-corrected chi connectivity index (χ1v) is 8.34. The zero-order valence-electron chi connectivity index (χ0n) is 13.2. The van der Waals surface area contributed by atoms with Crippen molar-refractivity contribution in [3.8, 4) is 10.6 Å². The van der Waals surface area contributed by atoms with Crippen molar-refractivity contribution in [2.75, 3.05) is 19.0 Å². The van der Waals surface area contributed by atoms with Crippen molar-refractivity contribution in [3.05, 3.63) is 58.4 Å². The molecule has 0 bridgehead atoms. The van der Waals surface area contributed by atoms with Crippen LogP contribution in [0.2, 0.25) is 5.02 Å². The Bertz CT molecular complexity index is 878. The summed E-state index contributed by atoms with van der Waals surface area (Å²) in [6.45, 7) is 0. The summed E-state index contributed by atoms with van der Waals surface area (Å²) in [6.07, 6.45) is 0. The van der Waals surface area contributed by atoms with E-state index in [1.165, 1.54) is 0 Å². The normalized spacial score (nSPS) is 11.7. The molecule has 0 saturated carbocycles. The quantitative estimate of drug-likeness (QED) is 0.716. The van der Waals surface area contributed by atoms with Gasteiger partial charge in [0.25, 0.3) is 0 Å². The summed E-state index contributed by atoms with van der Waals surface area (Å²) >= 11 is 7.49. The number of anilines is 1. The summed E-state index contributed by atoms with van der Waals surface area (Å²) in [5.74, 6) is 0. The van der Waals surface area contributed by atoms with Crippen molar-refractivity contribution in [2.45, 2.75) is 0 Å². The number of hydrogen-bond donors (Lipinski definition) is 0. The van der Waals surface area contributed by atoms with Gasteiger partial charge in [0.15, 0.2) is 0 Å². The second-order valence-corrected chi connectivity index (χ2v) is 6.74. The van der Waals surface area contributed by atoms with Gasteiger partial charge in [-0.05, 0) is 30.3 Å². The maximum Gasteiger partial charge on any atom is 0.208 e. The lowest BCUT2D eigenvalue weighted by Gasteiger charge is -2.11. The molecule has 1 aromatic heterocycles. The van der Waals surface area contributed by atoms with Crippen LogP contribution in [-0.4, -0.2) is 23.9 Å². The average molecular weight is 345 g/mol. The van der Waals surface area contributed by atoms with Gasteiger partial charge < -0.3 is 4.90 Å². The Kier molecular flexibility index (Phi) is 4.50. The molecular formula is C17H17ClN4S. The lowest BCUT2D eigenvalue weighted by molar-refractivity contribution is 0.732. The van der Waals surface area contributed by atoms with Gasteiger partial charge in [-0.3, -0.25) is 0 Å². The Labute approximate surface area is 144 Å². The highest BCUT2D eigenvalue weighted by Gasteiger charge is 2.05. The third-order valence-corrected chi connectivity index (χ3v) is 4.67. The molecule has 0 aliphatic carbocycles. The van der Waals surface area contributed by atoms with Crippen LogP contribution in [0.3, 0.4) is 0 Å². The van der Waals surface area contributed by atoms with Crippen LogP contribution in [0.1, 0.15) is 0 Å². The van der Waals surface area contributed by atoms with Crippen molar-refractivity contribution in [2.24, 2.45) is 12.0 Å². The van der Waals surface area contributed by atoms with E-state index in [2.05, 4.69) is 22.1 Å². The number of benzene rings is 2. The van der Waals surface area contributed by atoms with Crippen LogP contribution in [-0.2, 0) is 7.05 Å². The van der Waals surface area contributed by atoms with Crippen LogP contribution in [0.25, 0.3) is 10.6 Å². The van der Waals surface area contributed by atoms with Gasteiger partial charge in [-0.1, -0.05) is 41.1 Å². The molecule has 23 heavy (non-hydrogen) atoms. The van der Waals surface area contributed by atoms with Crippen LogP contribution in [0, 0.1) is 0 Å². The number of aryl methyl sites for hydroxylation is 1. The summed E-state index contributed by atoms with van der Waals surface area (Å²) in [4.78, 5) is 7.63. The standard InChI is InChI=1S/C17H17ClN4S/c1-21(2)15-6-4-5-14(11-15)19-17-22(3)20-16(23-17)12-7-9-13(18)10-8-12/h4-11H,1-3H3/b19-17-. The SMILES string of the molecule is CN(C)c1cccc(/N=c2\sc(-c3ccc(Cl)cc3)nn2C)c1. The Balaban J connectivity index is 2.00. The van der Waals surface area contributed by atoms with Crippen molar-refractivity contribution < 1.29 is 0 Å². The van der Waals surface area contributed by atoms with Crippen LogP contribution in [0.5, 0.6) is 0 Å². The molecule has 0 N–H and O–H groups in total. The average Bonchev–Trinajstić information content (AvgIpc) is 2.89. The molecule has 2 aromatic carbocycles. The van der Waals surface area contributed by atoms with Crippen LogP contribution >= 0.6 is 22.9 Å². The van der Waals surface area contributed by atoms with Crippen molar-refractivity contribution >= 4 is 34.3 Å². The summed E-state index contributed by atoms with van der Waals surface area (Å²) < 4.78 is 1.80. The minimum Gasteiger partial charge on any atom is -0.378 e. The van der Waals surface area contributed by atoms with E-state index < -0.39 is 0 Å². The summed E-state index contributed by atoms with van der Waals surface area (Å²) in [6, 6.07) is 15.8. The first-order valence-electron chi connectivity index (χ1n) is 7.15. The van der Waals surface area contributed by atoms with Gasteiger partial charge >= 0.3 is 0 Å². The van der Waals surface area contributed by atoms with Crippen LogP contribution in [0.4, 0.5) is 11.4 Å². The lowest BCUT2D eigenvalue weighted by Crippen LogP contribution is -2.11. The van der Waals surface area contributed by atoms with E-state index in [4.69, 9.17) is 16.6 Å². The molecule has 4 nitrogen and oxygen atoms in total. The highest BCUT2D eigenvalue weighted by molar-refractivity contribution is 7.12. The van der Waals surface area contributed by atoms with Gasteiger partial charge in [-0.2, -0.15) is 5.10 Å². The summed E-state index contributed by atoms with van der Waals surface area (Å²) in [5.41, 5.74) is 3.08. The minimum atomic E-state index is 0.722. The maximum atomic E-state index is 5.94. The van der Waals surface area contributed by atoms with Crippen molar-refractivity contribution in [3.63, 3.8) is 0 Å². The van der Waals surface area contributed by atoms with Gasteiger partial charge in [0.1, 0.15) is 5.01 Å². The lowest BCUT2D eigenvalue weighted by atomic mass is 10.2. The van der Waals surface area contributed by atoms with E-state index in [9.17, 15) is 0 Å². The molecule has 0 aliphatic heterocycles. The zero-order valence-corrected chi connectivity index (χ0v) is 14.8. The smallest absolute Gasteiger partial charge is 0.208 e. The van der Waals surface area contributed by atoms with Crippen LogP contribution < -0.4 is 9.70 Å². The van der Waals surface area contributed by atoms with Gasteiger partial charge in [-0.25, -0.2) is 9.67 Å². The van der Waals surface area contributed by atoms with E-state index in [0.29, 0.717) is 0 Å². The van der Waals surface area contributed by atoms with E-state index in [1.54, 1.807) is 16.0 Å². The largest absolute Gasteiger partial charge is 0.378 e. The molecule has 1 heterocycles. The first-order chi connectivity index (χ1) is 11.0. The summed E-state index contributed by atoms with van der Waals surface area (Å²) in [7, 11) is 5.94. The number of aromatic nitrogens is 2. The Hall–Kier alpha value is -2.11. The predicted molar refractivity (Wildman–Crippen MR) is 97.5 cm³/mol. The Morgan fingerprint density at radius 1 is 1.13 bits per heavy atom. The fourth-order valence-electron chi connectivity index (χ4n) is 2.11. The number of nitrogens with zero attached hydrogens (tertiary/aromatic N) is 4. The van der Waals surface area contributed by atoms with E-state index in [1.807, 2.05) is 57.5 Å². The third-order valence-electron chi connectivity index (χ3n) is 3.37. The molecule has 0 radical (unpaired) electrons. The monoisotopic (exact) mass is 344 g/mol. The first kappa shape index (κ1) is 15.8. The Morgan fingerprint density at radius 2 is 1.87 bits per heavy atom. The molecule has 0 aliphatic rings. The van der Waals surface area contributed by atoms with Gasteiger partial charge in [0, 0.05) is 37.4 Å². The fourth-order valence-corrected chi connectivity index (χ4v) is 3.15. The molecule has 3 rings (SSSR count). The molecule has 0 spiro atoms. The second-order valence-electron chi connectivity index (χ2n) is 5.35. The van der Waals surface area contributed by atoms with Gasteiger partial charge in [-0.15, -0.1) is 0 Å². The number of hydrogen-bond acceptors (Lipinski definition) is 4. The Morgan fingerprint density at radius 3 is 2.57 bits per heavy atom. The number of halogens is 1. The molecule has 0 atom stereocenters. The third kappa shape index (κ3) is 3.63. The van der Waals surface area contributed by atoms with E-state index in [-0.39, 0.29) is 0 Å². The van der Waals surface area contributed by atoms with Crippen LogP contribution in [0.15, 0.2) is 53.5 Å². The molecule has 0 amide bonds. The molecule has 0 saturated heterocycles. The van der Waals surface area contributed by atoms with Gasteiger partial charge in [0.2, 0.25) is 4.80 Å². The van der Waals surface area contributed by atoms with E-state index in [0.717, 1.165) is 31.8 Å². The highest BCUT2D eigenvalue weighted by atomic mass is 35.5. The van der Waals surface area contributed by atoms with Crippen molar-refractivity contribution in [1.29, 1.82) is 0 Å². The predicted octanol–water partition coefficient (Wildman–Crippen LogP) is 4.10. The van der Waals surface area contributed by atoms with E-state index >= 15 is 0 Å². The highest BCUT2D eigenvalue weighted by Crippen LogP contribution is 2.23. The van der Waals surface area contributed by atoms with Crippen molar-refractivity contribution in [1.82, 2.24) is 9.78 Å². The topological polar surface area (TPSA) is 33.4 Å². The summed E-state index contributed by atoms with van der Waals surface area (Å²) in [5, 5.41) is 6.20. The number of rotatable bonds is 3. The molecule has 3 aromatic rings. The second kappa shape index (κ2) is 6.56. The molecule has 6 heteroatoms. The molecule has 118 valence electrons. The zero-order chi connectivity index (χ0) is 16.4.